The van der Waals surface area contributed by atoms with Crippen LogP contribution < -0.4 is 10.9 Å². The van der Waals surface area contributed by atoms with Crippen LogP contribution in [0.5, 0.6) is 0 Å². The molecule has 0 atom stereocenters. The SMILES string of the molecule is CCN(N)c1cccc2c1Cc1ccccc1-2. The van der Waals surface area contributed by atoms with Crippen molar-refractivity contribution in [2.24, 2.45) is 5.84 Å². The summed E-state index contributed by atoms with van der Waals surface area (Å²) in [5.74, 6) is 6.04. The third-order valence-corrected chi connectivity index (χ3v) is 3.48. The molecule has 0 bridgehead atoms. The largest absolute Gasteiger partial charge is 0.311 e. The van der Waals surface area contributed by atoms with Crippen molar-refractivity contribution in [3.8, 4) is 11.1 Å². The normalized spacial score (nSPS) is 12.1. The summed E-state index contributed by atoms with van der Waals surface area (Å²) in [5.41, 5.74) is 6.61. The molecule has 2 nitrogen and oxygen atoms in total. The molecule has 1 aliphatic carbocycles. The topological polar surface area (TPSA) is 29.3 Å². The summed E-state index contributed by atoms with van der Waals surface area (Å²) in [6, 6.07) is 15.0. The van der Waals surface area contributed by atoms with E-state index in [-0.39, 0.29) is 0 Å². The van der Waals surface area contributed by atoms with Crippen molar-refractivity contribution in [2.45, 2.75) is 13.3 Å². The summed E-state index contributed by atoms with van der Waals surface area (Å²) in [7, 11) is 0. The van der Waals surface area contributed by atoms with E-state index < -0.39 is 0 Å². The predicted molar refractivity (Wildman–Crippen MR) is 71.9 cm³/mol. The molecule has 0 unspecified atom stereocenters. The van der Waals surface area contributed by atoms with E-state index in [1.807, 2.05) is 5.01 Å². The first-order valence-electron chi connectivity index (χ1n) is 6.03. The highest BCUT2D eigenvalue weighted by molar-refractivity contribution is 5.82. The summed E-state index contributed by atoms with van der Waals surface area (Å²) in [6.07, 6.45) is 0.995. The summed E-state index contributed by atoms with van der Waals surface area (Å²) in [4.78, 5) is 0. The zero-order valence-corrected chi connectivity index (χ0v) is 9.98. The van der Waals surface area contributed by atoms with Gasteiger partial charge in [-0.15, -0.1) is 0 Å². The van der Waals surface area contributed by atoms with Gasteiger partial charge in [0.2, 0.25) is 0 Å². The van der Waals surface area contributed by atoms with E-state index >= 15 is 0 Å². The van der Waals surface area contributed by atoms with E-state index in [1.165, 1.54) is 22.3 Å². The van der Waals surface area contributed by atoms with Crippen LogP contribution in [0.3, 0.4) is 0 Å². The second-order valence-corrected chi connectivity index (χ2v) is 4.42. The molecule has 0 saturated carbocycles. The number of anilines is 1. The molecule has 2 heteroatoms. The van der Waals surface area contributed by atoms with Crippen LogP contribution in [0.4, 0.5) is 5.69 Å². The number of nitrogens with zero attached hydrogens (tertiary/aromatic N) is 1. The van der Waals surface area contributed by atoms with Crippen molar-refractivity contribution in [3.63, 3.8) is 0 Å². The molecular formula is C15H16N2. The van der Waals surface area contributed by atoms with Gasteiger partial charge in [0.25, 0.3) is 0 Å². The third-order valence-electron chi connectivity index (χ3n) is 3.48. The third kappa shape index (κ3) is 1.53. The van der Waals surface area contributed by atoms with Gasteiger partial charge in [-0.3, -0.25) is 0 Å². The molecule has 17 heavy (non-hydrogen) atoms. The maximum absolute atomic E-state index is 6.04. The van der Waals surface area contributed by atoms with Gasteiger partial charge in [0.1, 0.15) is 0 Å². The molecule has 0 fully saturated rings. The molecule has 0 spiro atoms. The molecule has 86 valence electrons. The van der Waals surface area contributed by atoms with Crippen LogP contribution in [-0.4, -0.2) is 6.54 Å². The Morgan fingerprint density at radius 1 is 1.06 bits per heavy atom. The Bertz CT molecular complexity index is 561. The highest BCUT2D eigenvalue weighted by Crippen LogP contribution is 2.40. The van der Waals surface area contributed by atoms with Gasteiger partial charge in [-0.25, -0.2) is 5.84 Å². The zero-order chi connectivity index (χ0) is 11.8. The van der Waals surface area contributed by atoms with Crippen molar-refractivity contribution in [1.82, 2.24) is 0 Å². The van der Waals surface area contributed by atoms with Crippen LogP contribution in [0.2, 0.25) is 0 Å². The Labute approximate surface area is 102 Å². The van der Waals surface area contributed by atoms with Crippen molar-refractivity contribution >= 4 is 5.69 Å². The molecule has 2 aromatic rings. The van der Waals surface area contributed by atoms with Crippen LogP contribution in [0.15, 0.2) is 42.5 Å². The minimum Gasteiger partial charge on any atom is -0.311 e. The van der Waals surface area contributed by atoms with E-state index in [4.69, 9.17) is 5.84 Å². The second kappa shape index (κ2) is 3.90. The first kappa shape index (κ1) is 10.4. The molecule has 0 saturated heterocycles. The fraction of sp³-hybridized carbons (Fsp3) is 0.200. The van der Waals surface area contributed by atoms with Crippen molar-refractivity contribution in [2.75, 3.05) is 11.6 Å². The lowest BCUT2D eigenvalue weighted by atomic mass is 10.0. The molecule has 2 aromatic carbocycles. The van der Waals surface area contributed by atoms with E-state index in [1.54, 1.807) is 0 Å². The van der Waals surface area contributed by atoms with Gasteiger partial charge in [-0.2, -0.15) is 0 Å². The quantitative estimate of drug-likeness (QED) is 0.535. The second-order valence-electron chi connectivity index (χ2n) is 4.42. The predicted octanol–water partition coefficient (Wildman–Crippen LogP) is 2.96. The van der Waals surface area contributed by atoms with Crippen molar-refractivity contribution < 1.29 is 0 Å². The van der Waals surface area contributed by atoms with E-state index in [2.05, 4.69) is 49.4 Å². The van der Waals surface area contributed by atoms with Crippen LogP contribution in [0.1, 0.15) is 18.1 Å². The minimum absolute atomic E-state index is 0.826. The Morgan fingerprint density at radius 2 is 1.82 bits per heavy atom. The lowest BCUT2D eigenvalue weighted by Gasteiger charge is -2.19. The summed E-state index contributed by atoms with van der Waals surface area (Å²) in [5, 5.41) is 1.82. The van der Waals surface area contributed by atoms with Gasteiger partial charge in [0.15, 0.2) is 0 Å². The number of hydrogen-bond donors (Lipinski definition) is 1. The number of nitrogens with two attached hydrogens (primary N) is 1. The maximum atomic E-state index is 6.04. The van der Waals surface area contributed by atoms with Crippen LogP contribution in [0, 0.1) is 0 Å². The molecule has 0 amide bonds. The summed E-state index contributed by atoms with van der Waals surface area (Å²) in [6.45, 7) is 2.90. The summed E-state index contributed by atoms with van der Waals surface area (Å²) < 4.78 is 0. The zero-order valence-electron chi connectivity index (χ0n) is 9.98. The first-order chi connectivity index (χ1) is 8.31. The van der Waals surface area contributed by atoms with Gasteiger partial charge in [-0.1, -0.05) is 36.4 Å². The minimum atomic E-state index is 0.826. The highest BCUT2D eigenvalue weighted by atomic mass is 15.4. The summed E-state index contributed by atoms with van der Waals surface area (Å²) >= 11 is 0. The van der Waals surface area contributed by atoms with Crippen LogP contribution in [-0.2, 0) is 6.42 Å². The van der Waals surface area contributed by atoms with E-state index in [0.717, 1.165) is 18.7 Å². The Kier molecular flexibility index (Phi) is 2.37. The average Bonchev–Trinajstić information content (AvgIpc) is 2.76. The number of hydrogen-bond acceptors (Lipinski definition) is 2. The fourth-order valence-electron chi connectivity index (χ4n) is 2.58. The van der Waals surface area contributed by atoms with E-state index in [9.17, 15) is 0 Å². The smallest absolute Gasteiger partial charge is 0.0558 e. The molecule has 2 N–H and O–H groups in total. The number of fused-ring (bicyclic) bond motifs is 3. The molecule has 0 heterocycles. The fourth-order valence-corrected chi connectivity index (χ4v) is 2.58. The van der Waals surface area contributed by atoms with E-state index in [0.29, 0.717) is 0 Å². The van der Waals surface area contributed by atoms with Gasteiger partial charge in [0, 0.05) is 13.0 Å². The molecule has 0 aliphatic heterocycles. The molecule has 3 rings (SSSR count). The standard InChI is InChI=1S/C15H16N2/c1-2-17(16)15-9-5-8-13-12-7-4-3-6-11(12)10-14(13)15/h3-9H,2,10,16H2,1H3. The van der Waals surface area contributed by atoms with Gasteiger partial charge in [-0.05, 0) is 35.2 Å². The number of benzene rings is 2. The number of rotatable bonds is 2. The Balaban J connectivity index is 2.17. The lowest BCUT2D eigenvalue weighted by molar-refractivity contribution is 0.884. The monoisotopic (exact) mass is 224 g/mol. The Hall–Kier alpha value is -1.80. The van der Waals surface area contributed by atoms with Gasteiger partial charge in [0.05, 0.1) is 5.69 Å². The highest BCUT2D eigenvalue weighted by Gasteiger charge is 2.21. The maximum Gasteiger partial charge on any atom is 0.0558 e. The molecule has 0 aromatic heterocycles. The van der Waals surface area contributed by atoms with Gasteiger partial charge < -0.3 is 5.01 Å². The van der Waals surface area contributed by atoms with Crippen molar-refractivity contribution in [3.05, 3.63) is 53.6 Å². The molecule has 0 radical (unpaired) electrons. The van der Waals surface area contributed by atoms with Gasteiger partial charge >= 0.3 is 0 Å². The Morgan fingerprint density at radius 3 is 2.65 bits per heavy atom. The average molecular weight is 224 g/mol. The first-order valence-corrected chi connectivity index (χ1v) is 6.03. The number of hydrazine groups is 1. The molecule has 1 aliphatic rings. The van der Waals surface area contributed by atoms with Crippen LogP contribution >= 0.6 is 0 Å². The molecular weight excluding hydrogens is 208 g/mol. The lowest BCUT2D eigenvalue weighted by Crippen LogP contribution is -2.31. The van der Waals surface area contributed by atoms with Crippen molar-refractivity contribution in [1.29, 1.82) is 0 Å². The van der Waals surface area contributed by atoms with Crippen LogP contribution in [0.25, 0.3) is 11.1 Å².